The number of amides is 1. The van der Waals surface area contributed by atoms with E-state index in [1.807, 2.05) is 27.2 Å². The zero-order valence-corrected chi connectivity index (χ0v) is 21.8. The van der Waals surface area contributed by atoms with Crippen LogP contribution in [0.1, 0.15) is 78.1 Å². The van der Waals surface area contributed by atoms with Crippen molar-refractivity contribution in [2.45, 2.75) is 90.2 Å². The quantitative estimate of drug-likeness (QED) is 0.120. The van der Waals surface area contributed by atoms with Gasteiger partial charge in [-0.3, -0.25) is 9.36 Å². The SMILES string of the molecule is CCCCCCCCCCC/C=C/C(O)C(COP(=O)([O-])OCC[N+](C)(C)C)NC(C)=O. The zero-order valence-electron chi connectivity index (χ0n) is 20.9. The number of quaternary nitrogens is 1. The molecule has 0 saturated heterocycles. The number of aliphatic hydroxyl groups excluding tert-OH is 1. The normalized spacial score (nSPS) is 16.1. The number of unbranched alkanes of at least 4 members (excludes halogenated alkanes) is 9. The summed E-state index contributed by atoms with van der Waals surface area (Å²) in [6, 6.07) is -0.879. The van der Waals surface area contributed by atoms with Gasteiger partial charge in [0.05, 0.1) is 39.9 Å². The number of carbonyl (C=O) groups is 1. The minimum Gasteiger partial charge on any atom is -0.756 e. The lowest BCUT2D eigenvalue weighted by Crippen LogP contribution is -2.45. The minimum atomic E-state index is -4.52. The molecule has 1 amide bonds. The Morgan fingerprint density at radius 1 is 1.06 bits per heavy atom. The summed E-state index contributed by atoms with van der Waals surface area (Å²) >= 11 is 0. The van der Waals surface area contributed by atoms with Crippen molar-refractivity contribution in [3.05, 3.63) is 12.2 Å². The fourth-order valence-electron chi connectivity index (χ4n) is 3.06. The maximum Gasteiger partial charge on any atom is 0.268 e. The average molecular weight is 479 g/mol. The van der Waals surface area contributed by atoms with Gasteiger partial charge in [-0.25, -0.2) is 0 Å². The van der Waals surface area contributed by atoms with Crippen LogP contribution in [0.25, 0.3) is 0 Å². The van der Waals surface area contributed by atoms with Crippen LogP contribution < -0.4 is 10.2 Å². The number of nitrogens with zero attached hydrogens (tertiary/aromatic N) is 1. The van der Waals surface area contributed by atoms with E-state index in [0.717, 1.165) is 19.3 Å². The van der Waals surface area contributed by atoms with Crippen molar-refractivity contribution in [1.82, 2.24) is 5.32 Å². The number of likely N-dealkylation sites (N-methyl/N-ethyl adjacent to an activating group) is 1. The van der Waals surface area contributed by atoms with Crippen molar-refractivity contribution in [1.29, 1.82) is 0 Å². The molecule has 2 N–H and O–H groups in total. The van der Waals surface area contributed by atoms with E-state index in [-0.39, 0.29) is 12.5 Å². The molecular weight excluding hydrogens is 431 g/mol. The highest BCUT2D eigenvalue weighted by atomic mass is 31.2. The van der Waals surface area contributed by atoms with Gasteiger partial charge in [-0.2, -0.15) is 0 Å². The van der Waals surface area contributed by atoms with Crippen LogP contribution in [-0.4, -0.2) is 68.5 Å². The highest BCUT2D eigenvalue weighted by Crippen LogP contribution is 2.38. The van der Waals surface area contributed by atoms with Crippen LogP contribution in [0, 0.1) is 0 Å². The number of phosphoric ester groups is 1. The molecule has 0 aromatic carbocycles. The predicted octanol–water partition coefficient (Wildman–Crippen LogP) is 3.54. The molecule has 0 heterocycles. The molecule has 8 nitrogen and oxygen atoms in total. The number of nitrogens with one attached hydrogen (secondary N) is 1. The lowest BCUT2D eigenvalue weighted by atomic mass is 10.1. The van der Waals surface area contributed by atoms with E-state index in [9.17, 15) is 19.4 Å². The van der Waals surface area contributed by atoms with Crippen molar-refractivity contribution in [2.75, 3.05) is 40.9 Å². The van der Waals surface area contributed by atoms with E-state index in [2.05, 4.69) is 12.2 Å². The number of aliphatic hydroxyl groups is 1. The molecule has 0 rings (SSSR count). The average Bonchev–Trinajstić information content (AvgIpc) is 2.67. The smallest absolute Gasteiger partial charge is 0.268 e. The highest BCUT2D eigenvalue weighted by Gasteiger charge is 2.22. The molecule has 9 heteroatoms. The summed E-state index contributed by atoms with van der Waals surface area (Å²) in [7, 11) is 1.24. The molecule has 0 saturated carbocycles. The summed E-state index contributed by atoms with van der Waals surface area (Å²) in [5, 5.41) is 12.9. The summed E-state index contributed by atoms with van der Waals surface area (Å²) in [6.07, 6.45) is 14.5. The third-order valence-electron chi connectivity index (χ3n) is 5.03. The first-order valence-corrected chi connectivity index (χ1v) is 13.5. The van der Waals surface area contributed by atoms with E-state index < -0.39 is 26.6 Å². The Labute approximate surface area is 195 Å². The van der Waals surface area contributed by atoms with Crippen LogP contribution in [0.2, 0.25) is 0 Å². The number of carbonyl (C=O) groups excluding carboxylic acids is 1. The molecule has 3 unspecified atom stereocenters. The molecule has 32 heavy (non-hydrogen) atoms. The molecule has 0 radical (unpaired) electrons. The second-order valence-corrected chi connectivity index (χ2v) is 10.8. The summed E-state index contributed by atoms with van der Waals surface area (Å²) in [5.74, 6) is -0.378. The van der Waals surface area contributed by atoms with Crippen LogP contribution in [0.3, 0.4) is 0 Å². The molecule has 0 bridgehead atoms. The van der Waals surface area contributed by atoms with Gasteiger partial charge in [-0.15, -0.1) is 0 Å². The lowest BCUT2D eigenvalue weighted by Gasteiger charge is -2.29. The van der Waals surface area contributed by atoms with E-state index in [1.165, 1.54) is 51.9 Å². The number of rotatable bonds is 20. The summed E-state index contributed by atoms with van der Waals surface area (Å²) < 4.78 is 22.3. The van der Waals surface area contributed by atoms with Crippen LogP contribution in [-0.2, 0) is 18.4 Å². The Morgan fingerprint density at radius 2 is 1.62 bits per heavy atom. The maximum atomic E-state index is 12.0. The molecule has 0 aromatic heterocycles. The minimum absolute atomic E-state index is 0.00369. The summed E-state index contributed by atoms with van der Waals surface area (Å²) in [4.78, 5) is 23.4. The fourth-order valence-corrected chi connectivity index (χ4v) is 3.79. The second-order valence-electron chi connectivity index (χ2n) is 9.43. The Hall–Kier alpha value is -0.760. The largest absolute Gasteiger partial charge is 0.756 e. The number of allylic oxidation sites excluding steroid dienone is 1. The van der Waals surface area contributed by atoms with Gasteiger partial charge < -0.3 is 28.8 Å². The Bertz CT molecular complexity index is 565. The molecule has 0 fully saturated rings. The predicted molar refractivity (Wildman–Crippen MR) is 127 cm³/mol. The molecule has 3 atom stereocenters. The molecule has 0 aliphatic carbocycles. The van der Waals surface area contributed by atoms with Gasteiger partial charge in [0.1, 0.15) is 13.2 Å². The zero-order chi connectivity index (χ0) is 24.5. The van der Waals surface area contributed by atoms with Gasteiger partial charge in [-0.05, 0) is 12.8 Å². The number of hydrogen-bond acceptors (Lipinski definition) is 6. The van der Waals surface area contributed by atoms with Gasteiger partial charge in [0.15, 0.2) is 0 Å². The van der Waals surface area contributed by atoms with Gasteiger partial charge in [0.25, 0.3) is 7.82 Å². The Balaban J connectivity index is 4.27. The third kappa shape index (κ3) is 19.9. The molecule has 0 spiro atoms. The van der Waals surface area contributed by atoms with Gasteiger partial charge in [0, 0.05) is 6.92 Å². The van der Waals surface area contributed by atoms with Crippen molar-refractivity contribution in [3.8, 4) is 0 Å². The lowest BCUT2D eigenvalue weighted by molar-refractivity contribution is -0.870. The van der Waals surface area contributed by atoms with E-state index in [1.54, 1.807) is 6.08 Å². The van der Waals surface area contributed by atoms with Crippen molar-refractivity contribution in [3.63, 3.8) is 0 Å². The van der Waals surface area contributed by atoms with Gasteiger partial charge in [-0.1, -0.05) is 70.4 Å². The summed E-state index contributed by atoms with van der Waals surface area (Å²) in [5.41, 5.74) is 0. The van der Waals surface area contributed by atoms with Crippen LogP contribution in [0.15, 0.2) is 12.2 Å². The molecule has 0 aliphatic rings. The molecule has 0 aromatic rings. The van der Waals surface area contributed by atoms with E-state index >= 15 is 0 Å². The monoisotopic (exact) mass is 478 g/mol. The second kappa shape index (κ2) is 17.7. The highest BCUT2D eigenvalue weighted by molar-refractivity contribution is 7.45. The van der Waals surface area contributed by atoms with E-state index in [4.69, 9.17) is 9.05 Å². The van der Waals surface area contributed by atoms with Crippen molar-refractivity contribution >= 4 is 13.7 Å². The fraction of sp³-hybridized carbons (Fsp3) is 0.870. The first-order valence-electron chi connectivity index (χ1n) is 12.0. The van der Waals surface area contributed by atoms with Gasteiger partial charge >= 0.3 is 0 Å². The third-order valence-corrected chi connectivity index (χ3v) is 6.00. The first-order chi connectivity index (χ1) is 15.0. The molecule has 190 valence electrons. The molecule has 0 aliphatic heterocycles. The molecular formula is C23H47N2O6P. The first kappa shape index (κ1) is 31.2. The number of phosphoric acid groups is 1. The van der Waals surface area contributed by atoms with Crippen LogP contribution >= 0.6 is 7.82 Å². The standard InChI is InChI=1S/C23H47N2O6P/c1-6-7-8-9-10-11-12-13-14-15-16-17-23(27)22(24-21(2)26)20-31-32(28,29)30-19-18-25(3,4)5/h16-17,22-23,27H,6-15,18-20H2,1-5H3,(H-,24,26,28,29)/b17-16+. The van der Waals surface area contributed by atoms with Crippen LogP contribution in [0.4, 0.5) is 0 Å². The Morgan fingerprint density at radius 3 is 2.16 bits per heavy atom. The Kier molecular flexibility index (Phi) is 17.3. The topological polar surface area (TPSA) is 108 Å². The summed E-state index contributed by atoms with van der Waals surface area (Å²) in [6.45, 7) is 3.63. The van der Waals surface area contributed by atoms with Crippen molar-refractivity contribution in [2.24, 2.45) is 0 Å². The van der Waals surface area contributed by atoms with Crippen LogP contribution in [0.5, 0.6) is 0 Å². The maximum absolute atomic E-state index is 12.0. The number of hydrogen-bond donors (Lipinski definition) is 2. The van der Waals surface area contributed by atoms with Crippen molar-refractivity contribution < 1.29 is 32.9 Å². The van der Waals surface area contributed by atoms with Gasteiger partial charge in [0.2, 0.25) is 5.91 Å². The van der Waals surface area contributed by atoms with E-state index in [0.29, 0.717) is 11.0 Å².